The number of benzene rings is 1. The van der Waals surface area contributed by atoms with Gasteiger partial charge in [-0.3, -0.25) is 24.3 Å². The molecule has 27 heavy (non-hydrogen) atoms. The second-order valence-corrected chi connectivity index (χ2v) is 6.65. The third-order valence-corrected chi connectivity index (χ3v) is 5.08. The van der Waals surface area contributed by atoms with Gasteiger partial charge >= 0.3 is 0 Å². The Balaban J connectivity index is 1.45. The van der Waals surface area contributed by atoms with Crippen LogP contribution in [-0.4, -0.2) is 58.7 Å². The van der Waals surface area contributed by atoms with E-state index < -0.39 is 0 Å². The number of pyridine rings is 1. The molecule has 1 aromatic carbocycles. The third kappa shape index (κ3) is 3.21. The van der Waals surface area contributed by atoms with Crippen LogP contribution in [0.5, 0.6) is 0 Å². The Kier molecular flexibility index (Phi) is 4.68. The largest absolute Gasteiger partial charge is 0.333 e. The second-order valence-electron chi connectivity index (χ2n) is 6.65. The van der Waals surface area contributed by atoms with Crippen LogP contribution in [-0.2, 0) is 4.79 Å². The Morgan fingerprint density at radius 3 is 2.41 bits per heavy atom. The maximum atomic E-state index is 12.9. The molecular formula is C20H20N4O3. The van der Waals surface area contributed by atoms with Gasteiger partial charge in [-0.05, 0) is 29.8 Å². The summed E-state index contributed by atoms with van der Waals surface area (Å²) in [6.45, 7) is 2.08. The average molecular weight is 364 g/mol. The summed E-state index contributed by atoms with van der Waals surface area (Å²) in [6.07, 6.45) is 3.55. The van der Waals surface area contributed by atoms with Gasteiger partial charge in [-0.1, -0.05) is 12.1 Å². The van der Waals surface area contributed by atoms with Crippen LogP contribution in [0.3, 0.4) is 0 Å². The number of carbonyl (C=O) groups is 3. The normalized spacial score (nSPS) is 19.3. The Bertz CT molecular complexity index is 849. The number of fused-ring (bicyclic) bond motifs is 1. The third-order valence-electron chi connectivity index (χ3n) is 5.08. The quantitative estimate of drug-likeness (QED) is 0.826. The zero-order chi connectivity index (χ0) is 18.8. The van der Waals surface area contributed by atoms with E-state index in [1.54, 1.807) is 36.7 Å². The molecule has 0 spiro atoms. The molecule has 0 aliphatic carbocycles. The highest BCUT2D eigenvalue weighted by Gasteiger charge is 2.36. The van der Waals surface area contributed by atoms with Crippen LogP contribution in [0, 0.1) is 0 Å². The number of carbonyl (C=O) groups excluding carboxylic acids is 3. The molecule has 2 aliphatic rings. The van der Waals surface area contributed by atoms with Gasteiger partial charge in [-0.2, -0.15) is 0 Å². The van der Waals surface area contributed by atoms with E-state index in [1.165, 1.54) is 4.90 Å². The van der Waals surface area contributed by atoms with E-state index >= 15 is 0 Å². The highest BCUT2D eigenvalue weighted by Crippen LogP contribution is 2.25. The Morgan fingerprint density at radius 2 is 1.74 bits per heavy atom. The SMILES string of the molecule is O=C1c2ccccc2C(=O)N1CCC(=O)N1CCNC[C@H]1c1ccncc1. The molecule has 4 rings (SSSR count). The second kappa shape index (κ2) is 7.28. The van der Waals surface area contributed by atoms with Gasteiger partial charge in [0, 0.05) is 45.0 Å². The van der Waals surface area contributed by atoms with Gasteiger partial charge in [0.15, 0.2) is 0 Å². The van der Waals surface area contributed by atoms with Crippen molar-refractivity contribution in [3.8, 4) is 0 Å². The topological polar surface area (TPSA) is 82.6 Å². The van der Waals surface area contributed by atoms with Gasteiger partial charge < -0.3 is 10.2 Å². The molecular weight excluding hydrogens is 344 g/mol. The van der Waals surface area contributed by atoms with Crippen LogP contribution in [0.2, 0.25) is 0 Å². The smallest absolute Gasteiger partial charge is 0.261 e. The fourth-order valence-electron chi connectivity index (χ4n) is 3.68. The van der Waals surface area contributed by atoms with Crippen LogP contribution in [0.25, 0.3) is 0 Å². The first-order valence-electron chi connectivity index (χ1n) is 9.02. The molecule has 2 aromatic rings. The number of imide groups is 1. The summed E-state index contributed by atoms with van der Waals surface area (Å²) in [6, 6.07) is 10.5. The van der Waals surface area contributed by atoms with E-state index in [1.807, 2.05) is 17.0 Å². The van der Waals surface area contributed by atoms with Crippen molar-refractivity contribution >= 4 is 17.7 Å². The van der Waals surface area contributed by atoms with Gasteiger partial charge in [0.1, 0.15) is 0 Å². The molecule has 0 saturated carbocycles. The molecule has 1 fully saturated rings. The molecule has 7 heteroatoms. The van der Waals surface area contributed by atoms with Gasteiger partial charge in [-0.25, -0.2) is 0 Å². The lowest BCUT2D eigenvalue weighted by Crippen LogP contribution is -2.49. The van der Waals surface area contributed by atoms with E-state index in [2.05, 4.69) is 10.3 Å². The summed E-state index contributed by atoms with van der Waals surface area (Å²) in [5.74, 6) is -0.710. The summed E-state index contributed by atoms with van der Waals surface area (Å²) in [7, 11) is 0. The summed E-state index contributed by atoms with van der Waals surface area (Å²) in [4.78, 5) is 44.8. The molecule has 3 amide bonds. The van der Waals surface area contributed by atoms with E-state index in [4.69, 9.17) is 0 Å². The van der Waals surface area contributed by atoms with E-state index in [0.717, 1.165) is 12.1 Å². The summed E-state index contributed by atoms with van der Waals surface area (Å²) >= 11 is 0. The van der Waals surface area contributed by atoms with Crippen molar-refractivity contribution in [1.29, 1.82) is 0 Å². The Hall–Kier alpha value is -3.06. The zero-order valence-corrected chi connectivity index (χ0v) is 14.8. The summed E-state index contributed by atoms with van der Waals surface area (Å²) in [5.41, 5.74) is 1.84. The van der Waals surface area contributed by atoms with E-state index in [0.29, 0.717) is 24.2 Å². The van der Waals surface area contributed by atoms with Crippen molar-refractivity contribution in [2.24, 2.45) is 0 Å². The van der Waals surface area contributed by atoms with E-state index in [9.17, 15) is 14.4 Å². The molecule has 0 bridgehead atoms. The molecule has 1 saturated heterocycles. The Morgan fingerprint density at radius 1 is 1.07 bits per heavy atom. The number of nitrogens with one attached hydrogen (secondary N) is 1. The molecule has 3 heterocycles. The van der Waals surface area contributed by atoms with Gasteiger partial charge in [0.25, 0.3) is 11.8 Å². The number of hydrogen-bond donors (Lipinski definition) is 1. The standard InChI is InChI=1S/C20H20N4O3/c25-18(23-12-10-22-13-17(23)14-5-8-21-9-6-14)7-11-24-19(26)15-3-1-2-4-16(15)20(24)27/h1-6,8-9,17,22H,7,10-13H2/t17-/m0/s1. The highest BCUT2D eigenvalue weighted by molar-refractivity contribution is 6.21. The maximum absolute atomic E-state index is 12.9. The summed E-state index contributed by atoms with van der Waals surface area (Å²) < 4.78 is 0. The predicted octanol–water partition coefficient (Wildman–Crippen LogP) is 1.24. The van der Waals surface area contributed by atoms with Crippen molar-refractivity contribution in [3.05, 3.63) is 65.5 Å². The van der Waals surface area contributed by atoms with Crippen molar-refractivity contribution < 1.29 is 14.4 Å². The van der Waals surface area contributed by atoms with Gasteiger partial charge in [-0.15, -0.1) is 0 Å². The lowest BCUT2D eigenvalue weighted by Gasteiger charge is -2.36. The van der Waals surface area contributed by atoms with Crippen molar-refractivity contribution in [3.63, 3.8) is 0 Å². The number of rotatable bonds is 4. The fraction of sp³-hybridized carbons (Fsp3) is 0.300. The number of piperazine rings is 1. The van der Waals surface area contributed by atoms with Gasteiger partial charge in [0.05, 0.1) is 17.2 Å². The van der Waals surface area contributed by atoms with Gasteiger partial charge in [0.2, 0.25) is 5.91 Å². The molecule has 7 nitrogen and oxygen atoms in total. The Labute approximate surface area is 157 Å². The number of amides is 3. The van der Waals surface area contributed by atoms with E-state index in [-0.39, 0.29) is 36.7 Å². The van der Waals surface area contributed by atoms with Crippen molar-refractivity contribution in [2.45, 2.75) is 12.5 Å². The maximum Gasteiger partial charge on any atom is 0.261 e. The monoisotopic (exact) mass is 364 g/mol. The minimum atomic E-state index is -0.325. The molecule has 138 valence electrons. The van der Waals surface area contributed by atoms with Crippen LogP contribution >= 0.6 is 0 Å². The number of aromatic nitrogens is 1. The molecule has 0 radical (unpaired) electrons. The van der Waals surface area contributed by atoms with Crippen LogP contribution in [0.1, 0.15) is 38.7 Å². The lowest BCUT2D eigenvalue weighted by molar-refractivity contribution is -0.134. The first kappa shape index (κ1) is 17.4. The molecule has 1 atom stereocenters. The van der Waals surface area contributed by atoms with Crippen molar-refractivity contribution in [1.82, 2.24) is 20.1 Å². The lowest BCUT2D eigenvalue weighted by atomic mass is 10.0. The molecule has 0 unspecified atom stereocenters. The fourth-order valence-corrected chi connectivity index (χ4v) is 3.68. The van der Waals surface area contributed by atoms with Crippen LogP contribution in [0.4, 0.5) is 0 Å². The van der Waals surface area contributed by atoms with Crippen LogP contribution in [0.15, 0.2) is 48.8 Å². The van der Waals surface area contributed by atoms with Crippen molar-refractivity contribution in [2.75, 3.05) is 26.2 Å². The predicted molar refractivity (Wildman–Crippen MR) is 98.0 cm³/mol. The first-order chi connectivity index (χ1) is 13.2. The number of hydrogen-bond acceptors (Lipinski definition) is 5. The first-order valence-corrected chi connectivity index (χ1v) is 9.02. The molecule has 1 N–H and O–H groups in total. The van der Waals surface area contributed by atoms with Crippen LogP contribution < -0.4 is 5.32 Å². The molecule has 2 aliphatic heterocycles. The molecule has 1 aromatic heterocycles. The highest BCUT2D eigenvalue weighted by atomic mass is 16.2. The minimum absolute atomic E-state index is 0.0603. The zero-order valence-electron chi connectivity index (χ0n) is 14.8. The minimum Gasteiger partial charge on any atom is -0.333 e. The number of nitrogens with zero attached hydrogens (tertiary/aromatic N) is 3. The summed E-state index contributed by atoms with van der Waals surface area (Å²) in [5, 5.41) is 3.31. The average Bonchev–Trinajstić information content (AvgIpc) is 2.97.